The fraction of sp³-hybridized carbons (Fsp3) is 0.636. The Morgan fingerprint density at radius 2 is 1.82 bits per heavy atom. The van der Waals surface area contributed by atoms with Crippen LogP contribution in [0.2, 0.25) is 0 Å². The van der Waals surface area contributed by atoms with Crippen LogP contribution in [0.25, 0.3) is 0 Å². The van der Waals surface area contributed by atoms with Gasteiger partial charge < -0.3 is 5.32 Å². The molecule has 0 amide bonds. The van der Waals surface area contributed by atoms with Crippen LogP contribution in [0, 0.1) is 0 Å². The van der Waals surface area contributed by atoms with Gasteiger partial charge in [-0.25, -0.2) is 14.6 Å². The molecular weight excluding hydrogens is 350 g/mol. The predicted octanol–water partition coefficient (Wildman–Crippen LogP) is 3.78. The SMILES string of the molecule is O=c1cc2c(nn1C1CCC(Nc3ccnc(C4CCC4)n3)CC1)CCCC2. The van der Waals surface area contributed by atoms with Crippen LogP contribution in [0.3, 0.4) is 0 Å². The molecule has 6 nitrogen and oxygen atoms in total. The van der Waals surface area contributed by atoms with E-state index >= 15 is 0 Å². The zero-order valence-corrected chi connectivity index (χ0v) is 16.4. The molecule has 5 rings (SSSR count). The third-order valence-corrected chi connectivity index (χ3v) is 6.77. The topological polar surface area (TPSA) is 72.7 Å². The van der Waals surface area contributed by atoms with Gasteiger partial charge in [0.15, 0.2) is 0 Å². The first-order valence-corrected chi connectivity index (χ1v) is 11.0. The molecule has 148 valence electrons. The second kappa shape index (κ2) is 7.64. The van der Waals surface area contributed by atoms with E-state index in [1.807, 2.05) is 18.3 Å². The highest BCUT2D eigenvalue weighted by atomic mass is 16.1. The van der Waals surface area contributed by atoms with Crippen molar-refractivity contribution in [1.29, 1.82) is 0 Å². The summed E-state index contributed by atoms with van der Waals surface area (Å²) in [6.45, 7) is 0. The number of aromatic nitrogens is 4. The van der Waals surface area contributed by atoms with Crippen molar-refractivity contribution >= 4 is 5.82 Å². The first-order valence-electron chi connectivity index (χ1n) is 11.0. The number of hydrogen-bond donors (Lipinski definition) is 1. The molecule has 0 spiro atoms. The Labute approximate surface area is 165 Å². The fourth-order valence-corrected chi connectivity index (χ4v) is 4.83. The van der Waals surface area contributed by atoms with Crippen LogP contribution in [0.4, 0.5) is 5.82 Å². The summed E-state index contributed by atoms with van der Waals surface area (Å²) in [5.41, 5.74) is 2.41. The third-order valence-electron chi connectivity index (χ3n) is 6.77. The van der Waals surface area contributed by atoms with Gasteiger partial charge in [0.2, 0.25) is 0 Å². The van der Waals surface area contributed by atoms with Gasteiger partial charge in [-0.15, -0.1) is 0 Å². The van der Waals surface area contributed by atoms with Gasteiger partial charge >= 0.3 is 0 Å². The lowest BCUT2D eigenvalue weighted by molar-refractivity contribution is 0.300. The Morgan fingerprint density at radius 3 is 2.61 bits per heavy atom. The summed E-state index contributed by atoms with van der Waals surface area (Å²) >= 11 is 0. The van der Waals surface area contributed by atoms with Crippen LogP contribution in [0.15, 0.2) is 23.1 Å². The molecule has 0 bridgehead atoms. The van der Waals surface area contributed by atoms with Crippen molar-refractivity contribution < 1.29 is 0 Å². The molecule has 2 fully saturated rings. The summed E-state index contributed by atoms with van der Waals surface area (Å²) < 4.78 is 1.78. The Kier molecular flexibility index (Phi) is 4.87. The summed E-state index contributed by atoms with van der Waals surface area (Å²) in [7, 11) is 0. The van der Waals surface area contributed by atoms with Gasteiger partial charge in [0, 0.05) is 24.2 Å². The molecule has 3 aliphatic rings. The summed E-state index contributed by atoms with van der Waals surface area (Å²) in [6, 6.07) is 4.46. The highest BCUT2D eigenvalue weighted by Crippen LogP contribution is 2.35. The number of fused-ring (bicyclic) bond motifs is 1. The van der Waals surface area contributed by atoms with E-state index in [-0.39, 0.29) is 11.6 Å². The molecule has 2 aromatic heterocycles. The lowest BCUT2D eigenvalue weighted by Gasteiger charge is -2.31. The summed E-state index contributed by atoms with van der Waals surface area (Å²) in [5.74, 6) is 2.50. The van der Waals surface area contributed by atoms with E-state index in [2.05, 4.69) is 10.3 Å². The van der Waals surface area contributed by atoms with Crippen molar-refractivity contribution in [3.63, 3.8) is 0 Å². The molecule has 2 heterocycles. The molecule has 6 heteroatoms. The van der Waals surface area contributed by atoms with Crippen LogP contribution in [0.5, 0.6) is 0 Å². The van der Waals surface area contributed by atoms with E-state index in [0.29, 0.717) is 12.0 Å². The molecule has 0 aliphatic heterocycles. The summed E-state index contributed by atoms with van der Waals surface area (Å²) in [4.78, 5) is 21.8. The minimum Gasteiger partial charge on any atom is -0.367 e. The van der Waals surface area contributed by atoms with E-state index in [4.69, 9.17) is 10.1 Å². The summed E-state index contributed by atoms with van der Waals surface area (Å²) in [6.07, 6.45) is 14.1. The number of anilines is 1. The Balaban J connectivity index is 1.23. The normalized spacial score (nSPS) is 25.0. The molecule has 2 aromatic rings. The van der Waals surface area contributed by atoms with Crippen molar-refractivity contribution in [1.82, 2.24) is 19.7 Å². The van der Waals surface area contributed by atoms with E-state index in [1.165, 1.54) is 37.7 Å². The Hall–Kier alpha value is -2.24. The van der Waals surface area contributed by atoms with Crippen LogP contribution in [0.1, 0.15) is 86.8 Å². The largest absolute Gasteiger partial charge is 0.367 e. The zero-order chi connectivity index (χ0) is 18.9. The Morgan fingerprint density at radius 1 is 1.00 bits per heavy atom. The van der Waals surface area contributed by atoms with E-state index in [9.17, 15) is 4.79 Å². The zero-order valence-electron chi connectivity index (χ0n) is 16.4. The molecule has 28 heavy (non-hydrogen) atoms. The number of rotatable bonds is 4. The predicted molar refractivity (Wildman–Crippen MR) is 109 cm³/mol. The van der Waals surface area contributed by atoms with Gasteiger partial charge in [-0.1, -0.05) is 6.42 Å². The monoisotopic (exact) mass is 379 g/mol. The average molecular weight is 380 g/mol. The second-order valence-electron chi connectivity index (χ2n) is 8.68. The molecule has 0 atom stereocenters. The van der Waals surface area contributed by atoms with Crippen LogP contribution >= 0.6 is 0 Å². The molecule has 0 radical (unpaired) electrons. The van der Waals surface area contributed by atoms with Crippen molar-refractivity contribution in [2.24, 2.45) is 0 Å². The van der Waals surface area contributed by atoms with Crippen molar-refractivity contribution in [3.05, 3.63) is 45.8 Å². The highest BCUT2D eigenvalue weighted by Gasteiger charge is 2.26. The number of hydrogen-bond acceptors (Lipinski definition) is 5. The number of aryl methyl sites for hydroxylation is 2. The van der Waals surface area contributed by atoms with Crippen molar-refractivity contribution in [2.45, 2.75) is 88.6 Å². The van der Waals surface area contributed by atoms with Gasteiger partial charge in [-0.05, 0) is 75.8 Å². The van der Waals surface area contributed by atoms with Crippen molar-refractivity contribution in [2.75, 3.05) is 5.32 Å². The minimum absolute atomic E-state index is 0.0815. The highest BCUT2D eigenvalue weighted by molar-refractivity contribution is 5.35. The van der Waals surface area contributed by atoms with Crippen LogP contribution in [-0.2, 0) is 12.8 Å². The van der Waals surface area contributed by atoms with Crippen LogP contribution in [-0.4, -0.2) is 25.8 Å². The lowest BCUT2D eigenvalue weighted by Crippen LogP contribution is -2.34. The molecule has 0 saturated heterocycles. The number of nitrogens with one attached hydrogen (secondary N) is 1. The maximum absolute atomic E-state index is 12.6. The maximum atomic E-state index is 12.6. The van der Waals surface area contributed by atoms with Gasteiger partial charge in [0.25, 0.3) is 5.56 Å². The van der Waals surface area contributed by atoms with Gasteiger partial charge in [-0.3, -0.25) is 4.79 Å². The lowest BCUT2D eigenvalue weighted by atomic mass is 9.85. The van der Waals surface area contributed by atoms with Crippen molar-refractivity contribution in [3.8, 4) is 0 Å². The van der Waals surface area contributed by atoms with Gasteiger partial charge in [0.1, 0.15) is 11.6 Å². The van der Waals surface area contributed by atoms with E-state index in [0.717, 1.165) is 55.9 Å². The standard InChI is InChI=1S/C22H29N5O/c28-21-14-16-4-1-2-7-19(16)26-27(21)18-10-8-17(9-11-18)24-20-12-13-23-22(25-20)15-5-3-6-15/h12-15,17-18H,1-11H2,(H,23,24,25). The average Bonchev–Trinajstić information content (AvgIpc) is 2.67. The van der Waals surface area contributed by atoms with Gasteiger partial charge in [0.05, 0.1) is 11.7 Å². The number of nitrogens with zero attached hydrogens (tertiary/aromatic N) is 4. The first-order chi connectivity index (χ1) is 13.8. The Bertz CT molecular complexity index is 896. The smallest absolute Gasteiger partial charge is 0.267 e. The third kappa shape index (κ3) is 3.56. The fourth-order valence-electron chi connectivity index (χ4n) is 4.83. The molecule has 0 aromatic carbocycles. The molecule has 1 N–H and O–H groups in total. The van der Waals surface area contributed by atoms with Gasteiger partial charge in [-0.2, -0.15) is 5.10 Å². The van der Waals surface area contributed by atoms with Crippen LogP contribution < -0.4 is 10.9 Å². The van der Waals surface area contributed by atoms with E-state index < -0.39 is 0 Å². The van der Waals surface area contributed by atoms with E-state index in [1.54, 1.807) is 4.68 Å². The second-order valence-corrected chi connectivity index (χ2v) is 8.68. The minimum atomic E-state index is 0.0815. The first kappa shape index (κ1) is 17.8. The summed E-state index contributed by atoms with van der Waals surface area (Å²) in [5, 5.41) is 8.36. The quantitative estimate of drug-likeness (QED) is 0.875. The molecule has 2 saturated carbocycles. The maximum Gasteiger partial charge on any atom is 0.267 e. The molecule has 0 unspecified atom stereocenters. The molecular formula is C22H29N5O. The molecule has 3 aliphatic carbocycles.